The first kappa shape index (κ1) is 18.1. The van der Waals surface area contributed by atoms with Crippen LogP contribution in [0.3, 0.4) is 0 Å². The monoisotopic (exact) mass is 318 g/mol. The van der Waals surface area contributed by atoms with Gasteiger partial charge in [0, 0.05) is 0 Å². The zero-order valence-corrected chi connectivity index (χ0v) is 14.3. The van der Waals surface area contributed by atoms with Crippen molar-refractivity contribution in [2.75, 3.05) is 11.5 Å². The van der Waals surface area contributed by atoms with E-state index in [0.29, 0.717) is 23.2 Å². The second-order valence-electron chi connectivity index (χ2n) is 7.30. The fourth-order valence-electron chi connectivity index (χ4n) is 4.05. The third kappa shape index (κ3) is 5.11. The van der Waals surface area contributed by atoms with Crippen molar-refractivity contribution in [1.29, 1.82) is 0 Å². The zero-order valence-electron chi connectivity index (χ0n) is 14.3. The van der Waals surface area contributed by atoms with Crippen molar-refractivity contribution >= 4 is 11.4 Å². The molecule has 2 aliphatic carbocycles. The Bertz CT molecular complexity index is 419. The van der Waals surface area contributed by atoms with Gasteiger partial charge in [-0.2, -0.15) is 0 Å². The number of rotatable bonds is 2. The van der Waals surface area contributed by atoms with Crippen molar-refractivity contribution < 1.29 is 0 Å². The van der Waals surface area contributed by atoms with Crippen LogP contribution >= 0.6 is 0 Å². The molecule has 0 aliphatic heterocycles. The van der Waals surface area contributed by atoms with Crippen LogP contribution in [0.25, 0.3) is 0 Å². The second-order valence-corrected chi connectivity index (χ2v) is 7.30. The Hall–Kier alpha value is -1.26. The summed E-state index contributed by atoms with van der Waals surface area (Å²) in [6.07, 6.45) is 13.2. The summed E-state index contributed by atoms with van der Waals surface area (Å²) in [5, 5.41) is 0. The van der Waals surface area contributed by atoms with Gasteiger partial charge in [-0.3, -0.25) is 0 Å². The minimum Gasteiger partial charge on any atom is -0.397 e. The molecule has 0 amide bonds. The van der Waals surface area contributed by atoms with Crippen LogP contribution in [-0.4, -0.2) is 5.66 Å². The number of nitrogens with two attached hydrogens (primary N) is 4. The molecule has 4 nitrogen and oxygen atoms in total. The van der Waals surface area contributed by atoms with E-state index in [1.807, 2.05) is 12.1 Å². The first-order chi connectivity index (χ1) is 11.0. The molecule has 0 saturated heterocycles. The maximum absolute atomic E-state index is 6.44. The van der Waals surface area contributed by atoms with Crippen molar-refractivity contribution in [1.82, 2.24) is 0 Å². The van der Waals surface area contributed by atoms with Crippen LogP contribution in [0.15, 0.2) is 24.3 Å². The molecule has 2 aliphatic rings. The van der Waals surface area contributed by atoms with Gasteiger partial charge in [-0.05, 0) is 49.7 Å². The SMILES string of the molecule is NC(N)(C1CCCCC1)C1CCCCC1.Nc1ccccc1N. The summed E-state index contributed by atoms with van der Waals surface area (Å²) in [4.78, 5) is 0. The molecule has 4 heteroatoms. The van der Waals surface area contributed by atoms with Gasteiger partial charge < -0.3 is 22.9 Å². The third-order valence-electron chi connectivity index (χ3n) is 5.62. The van der Waals surface area contributed by atoms with E-state index in [0.717, 1.165) is 0 Å². The van der Waals surface area contributed by atoms with Crippen LogP contribution in [0.4, 0.5) is 11.4 Å². The van der Waals surface area contributed by atoms with E-state index in [2.05, 4.69) is 0 Å². The molecule has 8 N–H and O–H groups in total. The normalized spacial score (nSPS) is 20.6. The molecule has 0 unspecified atom stereocenters. The molecule has 0 heterocycles. The molecule has 3 rings (SSSR count). The summed E-state index contributed by atoms with van der Waals surface area (Å²) in [6, 6.07) is 7.25. The molecular formula is C19H34N4. The fraction of sp³-hybridized carbons (Fsp3) is 0.684. The van der Waals surface area contributed by atoms with Crippen LogP contribution in [0.2, 0.25) is 0 Å². The molecule has 1 aromatic carbocycles. The smallest absolute Gasteiger partial charge is 0.0694 e. The largest absolute Gasteiger partial charge is 0.397 e. The van der Waals surface area contributed by atoms with Crippen LogP contribution < -0.4 is 22.9 Å². The van der Waals surface area contributed by atoms with Gasteiger partial charge in [0.15, 0.2) is 0 Å². The minimum absolute atomic E-state index is 0.360. The molecule has 2 fully saturated rings. The molecule has 0 bridgehead atoms. The van der Waals surface area contributed by atoms with E-state index in [4.69, 9.17) is 22.9 Å². The second kappa shape index (κ2) is 8.55. The van der Waals surface area contributed by atoms with Gasteiger partial charge in [-0.15, -0.1) is 0 Å². The van der Waals surface area contributed by atoms with E-state index < -0.39 is 0 Å². The molecule has 1 aromatic rings. The van der Waals surface area contributed by atoms with Crippen LogP contribution in [0.1, 0.15) is 64.2 Å². The van der Waals surface area contributed by atoms with Crippen LogP contribution in [-0.2, 0) is 0 Å². The lowest BCUT2D eigenvalue weighted by Crippen LogP contribution is -2.61. The Morgan fingerprint density at radius 1 is 0.652 bits per heavy atom. The number of hydrogen-bond donors (Lipinski definition) is 4. The lowest BCUT2D eigenvalue weighted by Gasteiger charge is -2.44. The average Bonchev–Trinajstić information content (AvgIpc) is 2.60. The fourth-order valence-corrected chi connectivity index (χ4v) is 4.05. The van der Waals surface area contributed by atoms with Gasteiger partial charge >= 0.3 is 0 Å². The Morgan fingerprint density at radius 2 is 1.00 bits per heavy atom. The molecular weight excluding hydrogens is 284 g/mol. The van der Waals surface area contributed by atoms with Gasteiger partial charge in [-0.25, -0.2) is 0 Å². The van der Waals surface area contributed by atoms with E-state index in [1.54, 1.807) is 12.1 Å². The molecule has 23 heavy (non-hydrogen) atoms. The summed E-state index contributed by atoms with van der Waals surface area (Å²) in [7, 11) is 0. The van der Waals surface area contributed by atoms with E-state index in [-0.39, 0.29) is 5.66 Å². The Balaban J connectivity index is 0.000000203. The first-order valence-corrected chi connectivity index (χ1v) is 9.19. The lowest BCUT2D eigenvalue weighted by atomic mass is 9.70. The molecule has 0 spiro atoms. The van der Waals surface area contributed by atoms with Crippen molar-refractivity contribution in [3.05, 3.63) is 24.3 Å². The zero-order chi connectivity index (χ0) is 16.7. The highest BCUT2D eigenvalue weighted by molar-refractivity contribution is 5.62. The van der Waals surface area contributed by atoms with E-state index in [1.165, 1.54) is 64.2 Å². The molecule has 130 valence electrons. The Kier molecular flexibility index (Phi) is 6.72. The van der Waals surface area contributed by atoms with Crippen molar-refractivity contribution in [2.45, 2.75) is 69.9 Å². The van der Waals surface area contributed by atoms with E-state index in [9.17, 15) is 0 Å². The number of anilines is 2. The van der Waals surface area contributed by atoms with Gasteiger partial charge in [0.05, 0.1) is 17.0 Å². The van der Waals surface area contributed by atoms with Gasteiger partial charge in [0.25, 0.3) is 0 Å². The quantitative estimate of drug-likeness (QED) is 0.494. The molecule has 0 atom stereocenters. The molecule has 0 aromatic heterocycles. The van der Waals surface area contributed by atoms with Crippen LogP contribution in [0, 0.1) is 11.8 Å². The van der Waals surface area contributed by atoms with E-state index >= 15 is 0 Å². The summed E-state index contributed by atoms with van der Waals surface area (Å²) >= 11 is 0. The van der Waals surface area contributed by atoms with Gasteiger partial charge in [0.2, 0.25) is 0 Å². The Morgan fingerprint density at radius 3 is 1.30 bits per heavy atom. The first-order valence-electron chi connectivity index (χ1n) is 9.19. The van der Waals surface area contributed by atoms with Crippen molar-refractivity contribution in [3.8, 4) is 0 Å². The highest BCUT2D eigenvalue weighted by Gasteiger charge is 2.39. The average molecular weight is 319 g/mol. The van der Waals surface area contributed by atoms with Gasteiger partial charge in [0.1, 0.15) is 0 Å². The lowest BCUT2D eigenvalue weighted by molar-refractivity contribution is 0.111. The topological polar surface area (TPSA) is 104 Å². The summed E-state index contributed by atoms with van der Waals surface area (Å²) in [5.41, 5.74) is 24.6. The highest BCUT2D eigenvalue weighted by Crippen LogP contribution is 2.38. The summed E-state index contributed by atoms with van der Waals surface area (Å²) in [5.74, 6) is 1.18. The summed E-state index contributed by atoms with van der Waals surface area (Å²) < 4.78 is 0. The van der Waals surface area contributed by atoms with Crippen LogP contribution in [0.5, 0.6) is 0 Å². The number of benzene rings is 1. The number of hydrogen-bond acceptors (Lipinski definition) is 4. The molecule has 0 radical (unpaired) electrons. The maximum atomic E-state index is 6.44. The minimum atomic E-state index is -0.360. The van der Waals surface area contributed by atoms with Crippen molar-refractivity contribution in [2.24, 2.45) is 23.3 Å². The summed E-state index contributed by atoms with van der Waals surface area (Å²) in [6.45, 7) is 0. The highest BCUT2D eigenvalue weighted by atomic mass is 15.0. The number of nitrogen functional groups attached to an aromatic ring is 2. The Labute approximate surface area is 141 Å². The van der Waals surface area contributed by atoms with Gasteiger partial charge in [-0.1, -0.05) is 50.7 Å². The molecule has 2 saturated carbocycles. The van der Waals surface area contributed by atoms with Crippen molar-refractivity contribution in [3.63, 3.8) is 0 Å². The predicted molar refractivity (Wildman–Crippen MR) is 99.5 cm³/mol. The standard InChI is InChI=1S/C13H26N2.C6H8N2/c14-13(15,11-7-3-1-4-8-11)12-9-5-2-6-10-12;7-5-3-1-2-4-6(5)8/h11-12H,1-10,14-15H2;1-4H,7-8H2. The number of para-hydroxylation sites is 2. The third-order valence-corrected chi connectivity index (χ3v) is 5.62. The maximum Gasteiger partial charge on any atom is 0.0694 e. The predicted octanol–water partition coefficient (Wildman–Crippen LogP) is 3.61.